The van der Waals surface area contributed by atoms with E-state index in [0.717, 1.165) is 0 Å². The van der Waals surface area contributed by atoms with Crippen LogP contribution < -0.4 is 5.32 Å². The van der Waals surface area contributed by atoms with Gasteiger partial charge >= 0.3 is 0 Å². The first-order chi connectivity index (χ1) is 8.65. The van der Waals surface area contributed by atoms with Crippen molar-refractivity contribution in [3.05, 3.63) is 36.4 Å². The summed E-state index contributed by atoms with van der Waals surface area (Å²) in [7, 11) is 1.84. The molecule has 0 spiro atoms. The van der Waals surface area contributed by atoms with Crippen molar-refractivity contribution in [3.63, 3.8) is 0 Å². The van der Waals surface area contributed by atoms with Crippen LogP contribution in [0.2, 0.25) is 0 Å². The normalized spacial score (nSPS) is 12.3. The first-order valence-corrected chi connectivity index (χ1v) is 5.57. The first kappa shape index (κ1) is 12.3. The monoisotopic (exact) mass is 249 g/mol. The van der Waals surface area contributed by atoms with Gasteiger partial charge in [-0.1, -0.05) is 0 Å². The minimum atomic E-state index is -0.718. The lowest BCUT2D eigenvalue weighted by atomic mass is 10.3. The highest BCUT2D eigenvalue weighted by Gasteiger charge is 2.10. The molecule has 2 rings (SSSR count). The van der Waals surface area contributed by atoms with Crippen molar-refractivity contribution in [2.45, 2.75) is 12.6 Å². The Hall–Kier alpha value is -2.15. The molecule has 7 heteroatoms. The van der Waals surface area contributed by atoms with Crippen molar-refractivity contribution in [1.82, 2.24) is 24.9 Å². The highest BCUT2D eigenvalue weighted by atomic mass is 16.3. The number of nitrogens with one attached hydrogen (secondary N) is 1. The molecule has 2 aromatic rings. The molecule has 0 aliphatic carbocycles. The van der Waals surface area contributed by atoms with Crippen LogP contribution in [0.15, 0.2) is 30.9 Å². The van der Waals surface area contributed by atoms with E-state index in [2.05, 4.69) is 15.5 Å². The van der Waals surface area contributed by atoms with Crippen LogP contribution in [-0.2, 0) is 13.6 Å². The zero-order valence-electron chi connectivity index (χ0n) is 10.0. The summed E-state index contributed by atoms with van der Waals surface area (Å²) in [6, 6.07) is 1.72. The summed E-state index contributed by atoms with van der Waals surface area (Å²) in [6.45, 7) is 0.414. The smallest absolute Gasteiger partial charge is 0.252 e. The molecule has 0 saturated heterocycles. The van der Waals surface area contributed by atoms with Gasteiger partial charge in [-0.2, -0.15) is 15.0 Å². The van der Waals surface area contributed by atoms with Crippen molar-refractivity contribution < 1.29 is 9.90 Å². The molecule has 96 valence electrons. The summed E-state index contributed by atoms with van der Waals surface area (Å²) >= 11 is 0. The first-order valence-electron chi connectivity index (χ1n) is 5.57. The predicted molar refractivity (Wildman–Crippen MR) is 63.8 cm³/mol. The van der Waals surface area contributed by atoms with Crippen molar-refractivity contribution in [2.24, 2.45) is 7.05 Å². The average Bonchev–Trinajstić information content (AvgIpc) is 2.97. The Morgan fingerprint density at radius 1 is 1.50 bits per heavy atom. The fraction of sp³-hybridized carbons (Fsp3) is 0.364. The molecule has 1 amide bonds. The van der Waals surface area contributed by atoms with Gasteiger partial charge in [-0.15, -0.1) is 0 Å². The Kier molecular flexibility index (Phi) is 3.73. The van der Waals surface area contributed by atoms with E-state index in [0.29, 0.717) is 5.56 Å². The van der Waals surface area contributed by atoms with Gasteiger partial charge in [-0.3, -0.25) is 4.79 Å². The van der Waals surface area contributed by atoms with Gasteiger partial charge in [0.15, 0.2) is 0 Å². The standard InChI is InChI=1S/C11H15N5O2/c1-15-5-2-9(7-15)11(18)12-6-10(17)8-16-13-3-4-14-16/h2-5,7,10,17H,6,8H2,1H3,(H,12,18). The Labute approximate surface area is 104 Å². The molecular formula is C11H15N5O2. The van der Waals surface area contributed by atoms with Gasteiger partial charge in [-0.25, -0.2) is 0 Å². The predicted octanol–water partition coefficient (Wildman–Crippen LogP) is -0.592. The number of nitrogens with zero attached hydrogens (tertiary/aromatic N) is 4. The molecule has 18 heavy (non-hydrogen) atoms. The second-order valence-corrected chi connectivity index (χ2v) is 4.01. The van der Waals surface area contributed by atoms with Crippen LogP contribution in [0.1, 0.15) is 10.4 Å². The summed E-state index contributed by atoms with van der Waals surface area (Å²) in [5.74, 6) is -0.205. The number of aromatic nitrogens is 4. The minimum Gasteiger partial charge on any atom is -0.389 e. The van der Waals surface area contributed by atoms with E-state index in [1.165, 1.54) is 17.2 Å². The molecule has 2 heterocycles. The summed E-state index contributed by atoms with van der Waals surface area (Å²) in [5.41, 5.74) is 0.571. The highest BCUT2D eigenvalue weighted by molar-refractivity contribution is 5.93. The zero-order chi connectivity index (χ0) is 13.0. The molecule has 2 N–H and O–H groups in total. The number of aliphatic hydroxyl groups excluding tert-OH is 1. The summed E-state index contributed by atoms with van der Waals surface area (Å²) in [4.78, 5) is 13.1. The number of rotatable bonds is 5. The summed E-state index contributed by atoms with van der Waals surface area (Å²) < 4.78 is 1.79. The van der Waals surface area contributed by atoms with Crippen molar-refractivity contribution >= 4 is 5.91 Å². The second-order valence-electron chi connectivity index (χ2n) is 4.01. The van der Waals surface area contributed by atoms with Gasteiger partial charge < -0.3 is 15.0 Å². The molecule has 0 radical (unpaired) electrons. The van der Waals surface area contributed by atoms with Crippen molar-refractivity contribution in [1.29, 1.82) is 0 Å². The van der Waals surface area contributed by atoms with E-state index >= 15 is 0 Å². The Bertz CT molecular complexity index is 505. The lowest BCUT2D eigenvalue weighted by molar-refractivity contribution is 0.0896. The third-order valence-electron chi connectivity index (χ3n) is 2.43. The second kappa shape index (κ2) is 5.46. The Morgan fingerprint density at radius 2 is 2.22 bits per heavy atom. The van der Waals surface area contributed by atoms with Crippen LogP contribution in [0.25, 0.3) is 0 Å². The number of aryl methyl sites for hydroxylation is 1. The molecule has 0 aromatic carbocycles. The van der Waals surface area contributed by atoms with Crippen LogP contribution in [0.5, 0.6) is 0 Å². The van der Waals surface area contributed by atoms with E-state index < -0.39 is 6.10 Å². The lowest BCUT2D eigenvalue weighted by Gasteiger charge is -2.10. The van der Waals surface area contributed by atoms with Crippen LogP contribution >= 0.6 is 0 Å². The van der Waals surface area contributed by atoms with E-state index in [9.17, 15) is 9.90 Å². The molecule has 0 aliphatic heterocycles. The third-order valence-corrected chi connectivity index (χ3v) is 2.43. The Morgan fingerprint density at radius 3 is 2.83 bits per heavy atom. The van der Waals surface area contributed by atoms with Crippen molar-refractivity contribution in [2.75, 3.05) is 6.54 Å². The van der Waals surface area contributed by atoms with Crippen LogP contribution in [0.3, 0.4) is 0 Å². The molecule has 2 aromatic heterocycles. The van der Waals surface area contributed by atoms with E-state index in [1.54, 1.807) is 23.0 Å². The summed E-state index contributed by atoms with van der Waals surface area (Å²) in [6.07, 6.45) is 5.87. The molecule has 0 aliphatic rings. The number of aliphatic hydroxyl groups is 1. The maximum atomic E-state index is 11.7. The molecule has 1 unspecified atom stereocenters. The summed E-state index contributed by atoms with van der Waals surface area (Å²) in [5, 5.41) is 20.1. The maximum Gasteiger partial charge on any atom is 0.252 e. The van der Waals surface area contributed by atoms with Gasteiger partial charge in [0.25, 0.3) is 5.91 Å². The minimum absolute atomic E-state index is 0.162. The number of amides is 1. The molecule has 0 fully saturated rings. The van der Waals surface area contributed by atoms with Gasteiger partial charge in [0.2, 0.25) is 0 Å². The third kappa shape index (κ3) is 3.17. The number of hydrogen-bond acceptors (Lipinski definition) is 4. The van der Waals surface area contributed by atoms with Gasteiger partial charge in [0.1, 0.15) is 0 Å². The molecular weight excluding hydrogens is 234 g/mol. The number of carbonyl (C=O) groups is 1. The van der Waals surface area contributed by atoms with E-state index in [4.69, 9.17) is 0 Å². The highest BCUT2D eigenvalue weighted by Crippen LogP contribution is 1.99. The van der Waals surface area contributed by atoms with Gasteiger partial charge in [-0.05, 0) is 6.07 Å². The van der Waals surface area contributed by atoms with E-state index in [1.807, 2.05) is 7.05 Å². The maximum absolute atomic E-state index is 11.7. The van der Waals surface area contributed by atoms with E-state index in [-0.39, 0.29) is 19.0 Å². The fourth-order valence-corrected chi connectivity index (χ4v) is 1.54. The lowest BCUT2D eigenvalue weighted by Crippen LogP contribution is -2.34. The van der Waals surface area contributed by atoms with Gasteiger partial charge in [0.05, 0.1) is 30.6 Å². The van der Waals surface area contributed by atoms with Crippen LogP contribution in [0, 0.1) is 0 Å². The fourth-order valence-electron chi connectivity index (χ4n) is 1.54. The SMILES string of the molecule is Cn1ccc(C(=O)NCC(O)Cn2nccn2)c1. The van der Waals surface area contributed by atoms with Crippen LogP contribution in [0.4, 0.5) is 0 Å². The quantitative estimate of drug-likeness (QED) is 0.741. The molecule has 1 atom stereocenters. The molecule has 0 saturated carbocycles. The number of carbonyl (C=O) groups excluding carboxylic acids is 1. The topological polar surface area (TPSA) is 85.0 Å². The van der Waals surface area contributed by atoms with Crippen LogP contribution in [-0.4, -0.2) is 43.2 Å². The largest absolute Gasteiger partial charge is 0.389 e. The molecule has 0 bridgehead atoms. The zero-order valence-corrected chi connectivity index (χ0v) is 10.0. The number of hydrogen-bond donors (Lipinski definition) is 2. The van der Waals surface area contributed by atoms with Crippen molar-refractivity contribution in [3.8, 4) is 0 Å². The average molecular weight is 249 g/mol. The van der Waals surface area contributed by atoms with Gasteiger partial charge in [0, 0.05) is 26.0 Å². The Balaban J connectivity index is 1.79. The molecule has 7 nitrogen and oxygen atoms in total.